The van der Waals surface area contributed by atoms with Crippen molar-refractivity contribution in [2.75, 3.05) is 6.26 Å². The Balaban J connectivity index is 0.00000211. The molecular formula is C14H21F3N2O2S. The van der Waals surface area contributed by atoms with E-state index in [4.69, 9.17) is 0 Å². The van der Waals surface area contributed by atoms with E-state index in [0.717, 1.165) is 17.0 Å². The number of hydrogen-bond acceptors (Lipinski definition) is 3. The second-order valence-electron chi connectivity index (χ2n) is 4.31. The molecule has 0 spiro atoms. The standard InChI is InChI=1S/C12H15F3N2O2S.C2H6/c1-5-9(6-8(2)20(4,18)19)10-7-11(12(13,14)15)17(3)16-10;1-2/h5-7H,1-4H3;1-2H3/b8-6+,9-5+;. The molecular weight excluding hydrogens is 317 g/mol. The highest BCUT2D eigenvalue weighted by atomic mass is 32.2. The molecule has 0 aromatic carbocycles. The molecule has 0 saturated heterocycles. The number of sulfone groups is 1. The Hall–Kier alpha value is -1.57. The molecule has 0 aliphatic carbocycles. The van der Waals surface area contributed by atoms with Crippen molar-refractivity contribution >= 4 is 15.4 Å². The van der Waals surface area contributed by atoms with Crippen LogP contribution in [0.5, 0.6) is 0 Å². The van der Waals surface area contributed by atoms with E-state index in [0.29, 0.717) is 5.57 Å². The normalized spacial score (nSPS) is 13.7. The van der Waals surface area contributed by atoms with Crippen LogP contribution >= 0.6 is 0 Å². The highest BCUT2D eigenvalue weighted by molar-refractivity contribution is 7.94. The van der Waals surface area contributed by atoms with Crippen LogP contribution in [0.4, 0.5) is 13.2 Å². The SMILES string of the molecule is C/C=C(\C=C(/C)S(C)(=O)=O)c1cc(C(F)(F)F)n(C)n1.CC. The molecule has 8 heteroatoms. The number of aryl methyl sites for hydroxylation is 1. The van der Waals surface area contributed by atoms with E-state index in [1.165, 1.54) is 26.1 Å². The molecule has 126 valence electrons. The summed E-state index contributed by atoms with van der Waals surface area (Å²) in [6, 6.07) is 0.890. The molecule has 1 heterocycles. The number of alkyl halides is 3. The summed E-state index contributed by atoms with van der Waals surface area (Å²) in [5.74, 6) is 0. The van der Waals surface area contributed by atoms with Gasteiger partial charge in [0.1, 0.15) is 5.69 Å². The minimum absolute atomic E-state index is 0.0600. The lowest BCUT2D eigenvalue weighted by molar-refractivity contribution is -0.143. The molecule has 0 bridgehead atoms. The Morgan fingerprint density at radius 3 is 2.14 bits per heavy atom. The van der Waals surface area contributed by atoms with Gasteiger partial charge in [-0.25, -0.2) is 8.42 Å². The monoisotopic (exact) mass is 338 g/mol. The van der Waals surface area contributed by atoms with Gasteiger partial charge in [0.25, 0.3) is 0 Å². The summed E-state index contributed by atoms with van der Waals surface area (Å²) in [7, 11) is -2.20. The van der Waals surface area contributed by atoms with E-state index in [9.17, 15) is 21.6 Å². The first-order valence-electron chi connectivity index (χ1n) is 6.63. The summed E-state index contributed by atoms with van der Waals surface area (Å²) < 4.78 is 61.5. The van der Waals surface area contributed by atoms with Gasteiger partial charge in [0.2, 0.25) is 0 Å². The molecule has 0 radical (unpaired) electrons. The first kappa shape index (κ1) is 20.4. The highest BCUT2D eigenvalue weighted by Gasteiger charge is 2.35. The van der Waals surface area contributed by atoms with Crippen molar-refractivity contribution in [3.63, 3.8) is 0 Å². The fourth-order valence-electron chi connectivity index (χ4n) is 1.50. The predicted molar refractivity (Wildman–Crippen MR) is 81.8 cm³/mol. The number of allylic oxidation sites excluding steroid dienone is 4. The van der Waals surface area contributed by atoms with Gasteiger partial charge in [0.05, 0.1) is 5.69 Å². The average molecular weight is 338 g/mol. The average Bonchev–Trinajstić information content (AvgIpc) is 2.78. The van der Waals surface area contributed by atoms with E-state index in [1.807, 2.05) is 13.8 Å². The van der Waals surface area contributed by atoms with Gasteiger partial charge in [-0.15, -0.1) is 0 Å². The van der Waals surface area contributed by atoms with Crippen LogP contribution in [0, 0.1) is 0 Å². The minimum atomic E-state index is -4.51. The van der Waals surface area contributed by atoms with Crippen molar-refractivity contribution in [3.8, 4) is 0 Å². The van der Waals surface area contributed by atoms with E-state index >= 15 is 0 Å². The van der Waals surface area contributed by atoms with E-state index < -0.39 is 21.7 Å². The quantitative estimate of drug-likeness (QED) is 0.787. The van der Waals surface area contributed by atoms with Gasteiger partial charge < -0.3 is 0 Å². The fraction of sp³-hybridized carbons (Fsp3) is 0.500. The summed E-state index contributed by atoms with van der Waals surface area (Å²) in [6.07, 6.45) is -0.658. The molecule has 1 aromatic heterocycles. The van der Waals surface area contributed by atoms with E-state index in [-0.39, 0.29) is 10.6 Å². The molecule has 0 aliphatic heterocycles. The summed E-state index contributed by atoms with van der Waals surface area (Å²) in [5, 5.41) is 3.77. The van der Waals surface area contributed by atoms with Crippen LogP contribution < -0.4 is 0 Å². The van der Waals surface area contributed by atoms with Gasteiger partial charge in [-0.2, -0.15) is 18.3 Å². The van der Waals surface area contributed by atoms with Gasteiger partial charge in [0, 0.05) is 18.2 Å². The topological polar surface area (TPSA) is 52.0 Å². The lowest BCUT2D eigenvalue weighted by Gasteiger charge is -2.04. The van der Waals surface area contributed by atoms with Crippen molar-refractivity contribution < 1.29 is 21.6 Å². The van der Waals surface area contributed by atoms with Crippen molar-refractivity contribution in [2.45, 2.75) is 33.9 Å². The van der Waals surface area contributed by atoms with Gasteiger partial charge in [-0.1, -0.05) is 19.9 Å². The van der Waals surface area contributed by atoms with Crippen LogP contribution in [0.3, 0.4) is 0 Å². The molecule has 0 fully saturated rings. The first-order valence-corrected chi connectivity index (χ1v) is 8.52. The molecule has 0 unspecified atom stereocenters. The summed E-state index contributed by atoms with van der Waals surface area (Å²) >= 11 is 0. The van der Waals surface area contributed by atoms with Gasteiger partial charge in [-0.3, -0.25) is 4.68 Å². The molecule has 0 amide bonds. The third-order valence-corrected chi connectivity index (χ3v) is 4.01. The Labute approximate surface area is 129 Å². The van der Waals surface area contributed by atoms with Crippen molar-refractivity contribution in [3.05, 3.63) is 34.5 Å². The van der Waals surface area contributed by atoms with Gasteiger partial charge in [0.15, 0.2) is 9.84 Å². The van der Waals surface area contributed by atoms with Gasteiger partial charge >= 0.3 is 6.18 Å². The lowest BCUT2D eigenvalue weighted by atomic mass is 10.1. The smallest absolute Gasteiger partial charge is 0.263 e. The van der Waals surface area contributed by atoms with Crippen LogP contribution in [0.25, 0.3) is 5.57 Å². The molecule has 0 atom stereocenters. The number of aromatic nitrogens is 2. The minimum Gasteiger partial charge on any atom is -0.263 e. The molecule has 4 nitrogen and oxygen atoms in total. The third kappa shape index (κ3) is 5.32. The zero-order valence-electron chi connectivity index (χ0n) is 13.5. The van der Waals surface area contributed by atoms with E-state index in [2.05, 4.69) is 5.10 Å². The maximum absolute atomic E-state index is 12.7. The number of halogens is 3. The zero-order valence-corrected chi connectivity index (χ0v) is 14.3. The lowest BCUT2D eigenvalue weighted by Crippen LogP contribution is -2.11. The van der Waals surface area contributed by atoms with Crippen molar-refractivity contribution in [1.82, 2.24) is 9.78 Å². The van der Waals surface area contributed by atoms with Crippen molar-refractivity contribution in [1.29, 1.82) is 0 Å². The maximum atomic E-state index is 12.7. The van der Waals surface area contributed by atoms with Crippen LogP contribution in [0.1, 0.15) is 39.1 Å². The second kappa shape index (κ2) is 7.62. The molecule has 1 rings (SSSR count). The zero-order chi connectivity index (χ0) is 17.7. The summed E-state index contributed by atoms with van der Waals surface area (Å²) in [4.78, 5) is 0.0600. The van der Waals surface area contributed by atoms with Gasteiger partial charge in [-0.05, 0) is 31.6 Å². The van der Waals surface area contributed by atoms with Crippen LogP contribution in [0.2, 0.25) is 0 Å². The third-order valence-electron chi connectivity index (χ3n) is 2.72. The molecule has 1 aromatic rings. The molecule has 0 aliphatic rings. The Kier molecular flexibility index (Phi) is 7.08. The number of hydrogen-bond donors (Lipinski definition) is 0. The Bertz CT molecular complexity index is 669. The molecule has 0 saturated carbocycles. The first-order chi connectivity index (χ1) is 9.96. The Morgan fingerprint density at radius 1 is 1.32 bits per heavy atom. The largest absolute Gasteiger partial charge is 0.433 e. The van der Waals surface area contributed by atoms with E-state index in [1.54, 1.807) is 6.92 Å². The van der Waals surface area contributed by atoms with Crippen LogP contribution in [0.15, 0.2) is 23.1 Å². The van der Waals surface area contributed by atoms with Crippen molar-refractivity contribution in [2.24, 2.45) is 7.05 Å². The maximum Gasteiger partial charge on any atom is 0.433 e. The Morgan fingerprint density at radius 2 is 1.82 bits per heavy atom. The summed E-state index contributed by atoms with van der Waals surface area (Å²) in [5.41, 5.74) is -0.499. The van der Waals surface area contributed by atoms with Crippen LogP contribution in [-0.4, -0.2) is 24.5 Å². The summed E-state index contributed by atoms with van der Waals surface area (Å²) in [6.45, 7) is 6.98. The predicted octanol–water partition coefficient (Wildman–Crippen LogP) is 3.82. The second-order valence-corrected chi connectivity index (χ2v) is 6.50. The molecule has 0 N–H and O–H groups in total. The molecule has 22 heavy (non-hydrogen) atoms. The highest BCUT2D eigenvalue weighted by Crippen LogP contribution is 2.31. The number of rotatable bonds is 3. The number of nitrogens with zero attached hydrogens (tertiary/aromatic N) is 2. The van der Waals surface area contributed by atoms with Crippen LogP contribution in [-0.2, 0) is 23.1 Å². The fourth-order valence-corrected chi connectivity index (χ4v) is 1.85.